The molecule has 1 aliphatic rings. The second-order valence-electron chi connectivity index (χ2n) is 4.86. The highest BCUT2D eigenvalue weighted by molar-refractivity contribution is 5.54. The van der Waals surface area contributed by atoms with Crippen LogP contribution in [0.25, 0.3) is 0 Å². The number of anilines is 1. The number of aromatic nitrogens is 2. The highest BCUT2D eigenvalue weighted by atomic mass is 16.6. The summed E-state index contributed by atoms with van der Waals surface area (Å²) in [6, 6.07) is 0. The van der Waals surface area contributed by atoms with E-state index in [4.69, 9.17) is 0 Å². The first kappa shape index (κ1) is 12.8. The maximum atomic E-state index is 10.8. The van der Waals surface area contributed by atoms with Crippen LogP contribution in [0.3, 0.4) is 0 Å². The average Bonchev–Trinajstić information content (AvgIpc) is 2.68. The van der Waals surface area contributed by atoms with E-state index in [0.29, 0.717) is 18.3 Å². The first-order valence-electron chi connectivity index (χ1n) is 6.16. The lowest BCUT2D eigenvalue weighted by Gasteiger charge is -2.25. The van der Waals surface area contributed by atoms with Crippen LogP contribution in [-0.2, 0) is 7.05 Å². The number of rotatable bonds is 4. The molecular weight excluding hydrogens is 236 g/mol. The van der Waals surface area contributed by atoms with Gasteiger partial charge in [0.25, 0.3) is 0 Å². The number of aliphatic hydroxyl groups is 1. The van der Waals surface area contributed by atoms with Gasteiger partial charge in [0.05, 0.1) is 11.0 Å². The van der Waals surface area contributed by atoms with Crippen LogP contribution in [0.1, 0.15) is 25.7 Å². The first-order valence-corrected chi connectivity index (χ1v) is 6.16. The van der Waals surface area contributed by atoms with E-state index >= 15 is 0 Å². The minimum Gasteiger partial charge on any atom is -0.393 e. The molecule has 0 aliphatic heterocycles. The molecule has 2 atom stereocenters. The Morgan fingerprint density at radius 3 is 3.11 bits per heavy atom. The van der Waals surface area contributed by atoms with Gasteiger partial charge in [0.2, 0.25) is 5.82 Å². The maximum Gasteiger partial charge on any atom is 0.330 e. The molecule has 2 rings (SSSR count). The molecule has 1 aromatic rings. The van der Waals surface area contributed by atoms with Gasteiger partial charge in [0, 0.05) is 13.6 Å². The van der Waals surface area contributed by atoms with Gasteiger partial charge in [-0.25, -0.2) is 0 Å². The predicted octanol–water partition coefficient (Wildman–Crippen LogP) is 1.29. The smallest absolute Gasteiger partial charge is 0.330 e. The zero-order valence-electron chi connectivity index (χ0n) is 10.4. The van der Waals surface area contributed by atoms with Crippen molar-refractivity contribution in [2.24, 2.45) is 13.0 Å². The van der Waals surface area contributed by atoms with Crippen molar-refractivity contribution in [3.05, 3.63) is 16.3 Å². The van der Waals surface area contributed by atoms with E-state index in [1.54, 1.807) is 7.05 Å². The molecule has 0 aromatic carbocycles. The minimum atomic E-state index is -0.439. The van der Waals surface area contributed by atoms with Crippen LogP contribution in [0.2, 0.25) is 0 Å². The second kappa shape index (κ2) is 5.34. The molecule has 0 saturated heterocycles. The summed E-state index contributed by atoms with van der Waals surface area (Å²) in [5.74, 6) is 0.665. The van der Waals surface area contributed by atoms with Crippen molar-refractivity contribution < 1.29 is 10.0 Å². The number of nitrogens with zero attached hydrogens (tertiary/aromatic N) is 3. The minimum absolute atomic E-state index is 0.00569. The number of hydrogen-bond donors (Lipinski definition) is 2. The molecule has 0 amide bonds. The highest BCUT2D eigenvalue weighted by Gasteiger charge is 2.23. The number of nitro groups is 1. The summed E-state index contributed by atoms with van der Waals surface area (Å²) in [7, 11) is 1.66. The zero-order chi connectivity index (χ0) is 13.1. The van der Waals surface area contributed by atoms with Gasteiger partial charge in [-0.2, -0.15) is 0 Å². The normalized spacial score (nSPS) is 23.9. The zero-order valence-corrected chi connectivity index (χ0v) is 10.4. The van der Waals surface area contributed by atoms with Crippen LogP contribution in [0.4, 0.5) is 11.5 Å². The van der Waals surface area contributed by atoms with Crippen LogP contribution in [0, 0.1) is 16.0 Å². The van der Waals surface area contributed by atoms with E-state index in [9.17, 15) is 15.2 Å². The van der Waals surface area contributed by atoms with Gasteiger partial charge in [-0.15, -0.1) is 5.10 Å². The van der Waals surface area contributed by atoms with Crippen molar-refractivity contribution in [2.75, 3.05) is 11.9 Å². The van der Waals surface area contributed by atoms with Gasteiger partial charge in [-0.1, -0.05) is 6.42 Å². The van der Waals surface area contributed by atoms with Crippen molar-refractivity contribution in [1.29, 1.82) is 0 Å². The lowest BCUT2D eigenvalue weighted by Crippen LogP contribution is -2.25. The summed E-state index contributed by atoms with van der Waals surface area (Å²) in [6.45, 7) is 0.620. The fourth-order valence-electron chi connectivity index (χ4n) is 2.42. The molecule has 7 heteroatoms. The monoisotopic (exact) mass is 254 g/mol. The van der Waals surface area contributed by atoms with Crippen molar-refractivity contribution in [3.8, 4) is 0 Å². The van der Waals surface area contributed by atoms with Gasteiger partial charge >= 0.3 is 5.69 Å². The van der Waals surface area contributed by atoms with Crippen LogP contribution < -0.4 is 5.32 Å². The Morgan fingerprint density at radius 2 is 2.44 bits per heavy atom. The van der Waals surface area contributed by atoms with Crippen molar-refractivity contribution in [1.82, 2.24) is 9.78 Å². The van der Waals surface area contributed by atoms with Crippen LogP contribution in [0.15, 0.2) is 6.20 Å². The molecule has 0 spiro atoms. The van der Waals surface area contributed by atoms with Gasteiger partial charge < -0.3 is 10.4 Å². The summed E-state index contributed by atoms with van der Waals surface area (Å²) in [4.78, 5) is 10.4. The molecule has 7 nitrogen and oxygen atoms in total. The maximum absolute atomic E-state index is 10.8. The van der Waals surface area contributed by atoms with Crippen LogP contribution >= 0.6 is 0 Å². The first-order chi connectivity index (χ1) is 8.56. The third kappa shape index (κ3) is 2.98. The number of aliphatic hydroxyl groups excluding tert-OH is 1. The summed E-state index contributed by atoms with van der Waals surface area (Å²) < 4.78 is 1.43. The molecule has 2 N–H and O–H groups in total. The topological polar surface area (TPSA) is 93.2 Å². The number of hydrogen-bond acceptors (Lipinski definition) is 5. The Morgan fingerprint density at radius 1 is 1.67 bits per heavy atom. The summed E-state index contributed by atoms with van der Waals surface area (Å²) in [5.41, 5.74) is -0.00569. The molecule has 0 bridgehead atoms. The molecule has 1 aromatic heterocycles. The van der Waals surface area contributed by atoms with E-state index in [2.05, 4.69) is 10.4 Å². The fourth-order valence-corrected chi connectivity index (χ4v) is 2.42. The third-order valence-electron chi connectivity index (χ3n) is 3.32. The molecule has 1 fully saturated rings. The van der Waals surface area contributed by atoms with Crippen molar-refractivity contribution >= 4 is 11.5 Å². The van der Waals surface area contributed by atoms with Gasteiger partial charge in [-0.05, 0) is 25.2 Å². The molecule has 1 saturated carbocycles. The van der Waals surface area contributed by atoms with Crippen LogP contribution in [0.5, 0.6) is 0 Å². The molecule has 1 aliphatic carbocycles. The molecule has 1 heterocycles. The fraction of sp³-hybridized carbons (Fsp3) is 0.727. The molecule has 0 radical (unpaired) electrons. The largest absolute Gasteiger partial charge is 0.393 e. The summed E-state index contributed by atoms with van der Waals surface area (Å²) in [5, 5.41) is 27.4. The average molecular weight is 254 g/mol. The summed E-state index contributed by atoms with van der Waals surface area (Å²) in [6.07, 6.45) is 4.83. The van der Waals surface area contributed by atoms with Crippen LogP contribution in [-0.4, -0.2) is 32.5 Å². The number of nitrogens with one attached hydrogen (secondary N) is 1. The van der Waals surface area contributed by atoms with E-state index < -0.39 is 4.92 Å². The lowest BCUT2D eigenvalue weighted by atomic mass is 9.87. The van der Waals surface area contributed by atoms with E-state index in [0.717, 1.165) is 25.7 Å². The Balaban J connectivity index is 1.95. The molecule has 2 unspecified atom stereocenters. The Kier molecular flexibility index (Phi) is 3.81. The summed E-state index contributed by atoms with van der Waals surface area (Å²) >= 11 is 0. The van der Waals surface area contributed by atoms with Gasteiger partial charge in [0.15, 0.2) is 0 Å². The van der Waals surface area contributed by atoms with Gasteiger partial charge in [0.1, 0.15) is 6.20 Å². The van der Waals surface area contributed by atoms with Gasteiger partial charge in [-0.3, -0.25) is 14.8 Å². The Bertz CT molecular complexity index is 432. The second-order valence-corrected chi connectivity index (χ2v) is 4.86. The lowest BCUT2D eigenvalue weighted by molar-refractivity contribution is -0.384. The van der Waals surface area contributed by atoms with E-state index in [1.165, 1.54) is 10.9 Å². The highest BCUT2D eigenvalue weighted by Crippen LogP contribution is 2.26. The van der Waals surface area contributed by atoms with E-state index in [1.807, 2.05) is 0 Å². The Labute approximate surface area is 105 Å². The third-order valence-corrected chi connectivity index (χ3v) is 3.32. The number of aryl methyl sites for hydroxylation is 1. The quantitative estimate of drug-likeness (QED) is 0.623. The van der Waals surface area contributed by atoms with Crippen molar-refractivity contribution in [3.63, 3.8) is 0 Å². The standard InChI is InChI=1S/C11H18N4O3/c1-14-7-10(15(17)18)11(13-14)12-6-8-3-2-4-9(16)5-8/h7-9,16H,2-6H2,1H3,(H,12,13). The van der Waals surface area contributed by atoms with Crippen molar-refractivity contribution in [2.45, 2.75) is 31.8 Å². The molecule has 100 valence electrons. The SMILES string of the molecule is Cn1cc([N+](=O)[O-])c(NCC2CCCC(O)C2)n1. The molecular formula is C11H18N4O3. The molecule has 18 heavy (non-hydrogen) atoms. The van der Waals surface area contributed by atoms with E-state index in [-0.39, 0.29) is 11.8 Å². The predicted molar refractivity (Wildman–Crippen MR) is 66.3 cm³/mol. The Hall–Kier alpha value is -1.63.